The van der Waals surface area contributed by atoms with Gasteiger partial charge in [0.05, 0.1) is 0 Å². The van der Waals surface area contributed by atoms with E-state index in [0.717, 1.165) is 5.56 Å². The molecule has 0 unspecified atom stereocenters. The number of benzene rings is 1. The number of fused-ring (bicyclic) bond motifs is 1. The summed E-state index contributed by atoms with van der Waals surface area (Å²) in [7, 11) is -4.05. The Hall–Kier alpha value is -2.81. The number of nitrogens with one attached hydrogen (secondary N) is 1. The van der Waals surface area contributed by atoms with E-state index in [0.29, 0.717) is 17.1 Å². The molecule has 3 aromatic rings. The second kappa shape index (κ2) is 6.49. The maximum atomic E-state index is 12.8. The Bertz CT molecular complexity index is 1090. The predicted molar refractivity (Wildman–Crippen MR) is 96.7 cm³/mol. The van der Waals surface area contributed by atoms with Crippen molar-refractivity contribution in [3.63, 3.8) is 0 Å². The summed E-state index contributed by atoms with van der Waals surface area (Å²) < 4.78 is 26.9. The quantitative estimate of drug-likeness (QED) is 0.748. The molecule has 3 rings (SSSR count). The Morgan fingerprint density at radius 2 is 1.77 bits per heavy atom. The summed E-state index contributed by atoms with van der Waals surface area (Å²) in [5.74, 6) is -0.458. The van der Waals surface area contributed by atoms with Crippen LogP contribution in [0.2, 0.25) is 0 Å². The number of anilines is 1. The maximum absolute atomic E-state index is 12.8. The van der Waals surface area contributed by atoms with Gasteiger partial charge in [0.15, 0.2) is 0 Å². The minimum Gasteiger partial charge on any atom is -0.325 e. The Morgan fingerprint density at radius 1 is 1.12 bits per heavy atom. The van der Waals surface area contributed by atoms with Crippen molar-refractivity contribution >= 4 is 27.2 Å². The van der Waals surface area contributed by atoms with Crippen LogP contribution >= 0.6 is 0 Å². The van der Waals surface area contributed by atoms with Crippen LogP contribution in [0.25, 0.3) is 5.78 Å². The topological polar surface area (TPSA) is 106 Å². The second-order valence-corrected chi connectivity index (χ2v) is 8.35. The van der Waals surface area contributed by atoms with E-state index < -0.39 is 26.2 Å². The van der Waals surface area contributed by atoms with Crippen LogP contribution in [0.5, 0.6) is 0 Å². The first-order valence-electron chi connectivity index (χ1n) is 8.01. The van der Waals surface area contributed by atoms with Gasteiger partial charge in [-0.2, -0.15) is 4.98 Å². The van der Waals surface area contributed by atoms with Crippen molar-refractivity contribution in [3.05, 3.63) is 47.3 Å². The first kappa shape index (κ1) is 18.0. The second-order valence-electron chi connectivity index (χ2n) is 6.19. The van der Waals surface area contributed by atoms with E-state index in [4.69, 9.17) is 0 Å². The lowest BCUT2D eigenvalue weighted by molar-refractivity contribution is -0.115. The number of hydrogen-bond acceptors (Lipinski definition) is 6. The third-order valence-electron chi connectivity index (χ3n) is 4.01. The highest BCUT2D eigenvalue weighted by Gasteiger charge is 2.34. The lowest BCUT2D eigenvalue weighted by atomic mass is 10.2. The van der Waals surface area contributed by atoms with Gasteiger partial charge in [-0.25, -0.2) is 17.9 Å². The Balaban J connectivity index is 1.90. The smallest absolute Gasteiger partial charge is 0.269 e. The molecular formula is C17H19N5O3S. The molecule has 136 valence electrons. The van der Waals surface area contributed by atoms with Crippen molar-refractivity contribution in [1.82, 2.24) is 19.6 Å². The SMILES string of the molecule is Cc1ccc(NC(=O)[C@H](C)S(=O)(=O)c2nc3nc(C)cc(C)n3n2)cc1. The molecule has 9 heteroatoms. The van der Waals surface area contributed by atoms with Crippen LogP contribution in [0.1, 0.15) is 23.9 Å². The van der Waals surface area contributed by atoms with Crippen LogP contribution in [-0.2, 0) is 14.6 Å². The van der Waals surface area contributed by atoms with Crippen molar-refractivity contribution in [2.75, 3.05) is 5.32 Å². The summed E-state index contributed by atoms with van der Waals surface area (Å²) >= 11 is 0. The molecular weight excluding hydrogens is 354 g/mol. The zero-order valence-electron chi connectivity index (χ0n) is 14.9. The Morgan fingerprint density at radius 3 is 2.42 bits per heavy atom. The first-order chi connectivity index (χ1) is 12.2. The molecule has 0 fully saturated rings. The van der Waals surface area contributed by atoms with E-state index in [1.165, 1.54) is 11.4 Å². The van der Waals surface area contributed by atoms with E-state index in [1.807, 2.05) is 19.1 Å². The summed E-state index contributed by atoms with van der Waals surface area (Å²) in [6.45, 7) is 6.80. The van der Waals surface area contributed by atoms with Gasteiger partial charge in [-0.15, -0.1) is 5.10 Å². The van der Waals surface area contributed by atoms with Crippen LogP contribution in [0.4, 0.5) is 5.69 Å². The molecule has 1 N–H and O–H groups in total. The largest absolute Gasteiger partial charge is 0.325 e. The van der Waals surface area contributed by atoms with Gasteiger partial charge in [-0.05, 0) is 45.9 Å². The summed E-state index contributed by atoms with van der Waals surface area (Å²) in [5.41, 5.74) is 2.98. The molecule has 0 spiro atoms. The van der Waals surface area contributed by atoms with Crippen molar-refractivity contribution in [2.45, 2.75) is 38.1 Å². The molecule has 0 bridgehead atoms. The van der Waals surface area contributed by atoms with Crippen molar-refractivity contribution in [3.8, 4) is 0 Å². The fraction of sp³-hybridized carbons (Fsp3) is 0.294. The molecule has 0 aliphatic rings. The number of sulfone groups is 1. The maximum Gasteiger partial charge on any atom is 0.269 e. The summed E-state index contributed by atoms with van der Waals surface area (Å²) in [6, 6.07) is 8.85. The predicted octanol–water partition coefficient (Wildman–Crippen LogP) is 1.85. The lowest BCUT2D eigenvalue weighted by Gasteiger charge is -2.11. The molecule has 1 amide bonds. The Labute approximate surface area is 151 Å². The van der Waals surface area contributed by atoms with E-state index in [9.17, 15) is 13.2 Å². The number of aryl methyl sites for hydroxylation is 3. The fourth-order valence-electron chi connectivity index (χ4n) is 2.45. The molecule has 26 heavy (non-hydrogen) atoms. The molecule has 0 aliphatic carbocycles. The van der Waals surface area contributed by atoms with E-state index in [-0.39, 0.29) is 5.78 Å². The molecule has 0 saturated heterocycles. The van der Waals surface area contributed by atoms with Gasteiger partial charge >= 0.3 is 0 Å². The monoisotopic (exact) mass is 373 g/mol. The minimum absolute atomic E-state index is 0.187. The molecule has 1 atom stereocenters. The van der Waals surface area contributed by atoms with Gasteiger partial charge in [0, 0.05) is 17.1 Å². The highest BCUT2D eigenvalue weighted by molar-refractivity contribution is 7.92. The standard InChI is InChI=1S/C17H19N5O3S/c1-10-5-7-14(8-6-10)19-15(23)13(4)26(24,25)17-20-16-18-11(2)9-12(3)22(16)21-17/h5-9,13H,1-4H3,(H,19,23)/t13-/m0/s1. The van der Waals surface area contributed by atoms with Crippen LogP contribution < -0.4 is 5.32 Å². The fourth-order valence-corrected chi connectivity index (χ4v) is 3.51. The molecule has 0 saturated carbocycles. The molecule has 2 aromatic heterocycles. The van der Waals surface area contributed by atoms with Crippen molar-refractivity contribution in [2.24, 2.45) is 0 Å². The Kier molecular flexibility index (Phi) is 4.49. The molecule has 0 radical (unpaired) electrons. The van der Waals surface area contributed by atoms with Gasteiger partial charge in [0.2, 0.25) is 15.7 Å². The highest BCUT2D eigenvalue weighted by Crippen LogP contribution is 2.17. The first-order valence-corrected chi connectivity index (χ1v) is 9.55. The number of carbonyl (C=O) groups is 1. The third kappa shape index (κ3) is 3.30. The average Bonchev–Trinajstić information content (AvgIpc) is 3.01. The van der Waals surface area contributed by atoms with Gasteiger partial charge in [0.25, 0.3) is 10.9 Å². The van der Waals surface area contributed by atoms with Crippen LogP contribution in [0.3, 0.4) is 0 Å². The van der Waals surface area contributed by atoms with Gasteiger partial charge in [0.1, 0.15) is 5.25 Å². The van der Waals surface area contributed by atoms with Crippen molar-refractivity contribution in [1.29, 1.82) is 0 Å². The van der Waals surface area contributed by atoms with E-state index >= 15 is 0 Å². The van der Waals surface area contributed by atoms with Gasteiger partial charge < -0.3 is 5.32 Å². The summed E-state index contributed by atoms with van der Waals surface area (Å²) in [5, 5.41) is 4.87. The minimum atomic E-state index is -4.05. The molecule has 8 nitrogen and oxygen atoms in total. The number of carbonyl (C=O) groups excluding carboxylic acids is 1. The summed E-state index contributed by atoms with van der Waals surface area (Å²) in [6.07, 6.45) is 0. The zero-order valence-corrected chi connectivity index (χ0v) is 15.7. The van der Waals surface area contributed by atoms with Crippen LogP contribution in [0, 0.1) is 20.8 Å². The van der Waals surface area contributed by atoms with E-state index in [2.05, 4.69) is 20.4 Å². The third-order valence-corrected chi connectivity index (χ3v) is 5.83. The summed E-state index contributed by atoms with van der Waals surface area (Å²) in [4.78, 5) is 20.6. The van der Waals surface area contributed by atoms with Crippen LogP contribution in [0.15, 0.2) is 35.5 Å². The highest BCUT2D eigenvalue weighted by atomic mass is 32.2. The average molecular weight is 373 g/mol. The number of nitrogens with zero attached hydrogens (tertiary/aromatic N) is 4. The number of rotatable bonds is 4. The molecule has 0 aliphatic heterocycles. The molecule has 1 aromatic carbocycles. The zero-order chi connectivity index (χ0) is 19.1. The molecule has 2 heterocycles. The van der Waals surface area contributed by atoms with Gasteiger partial charge in [-0.3, -0.25) is 4.79 Å². The normalized spacial score (nSPS) is 12.9. The van der Waals surface area contributed by atoms with Gasteiger partial charge in [-0.1, -0.05) is 17.7 Å². The number of aromatic nitrogens is 4. The van der Waals surface area contributed by atoms with Crippen molar-refractivity contribution < 1.29 is 13.2 Å². The lowest BCUT2D eigenvalue weighted by Crippen LogP contribution is -2.33. The van der Waals surface area contributed by atoms with Crippen LogP contribution in [-0.4, -0.2) is 39.2 Å². The number of amides is 1. The number of hydrogen-bond donors (Lipinski definition) is 1. The van der Waals surface area contributed by atoms with E-state index in [1.54, 1.807) is 32.0 Å².